The third-order valence-electron chi connectivity index (χ3n) is 2.10. The summed E-state index contributed by atoms with van der Waals surface area (Å²) in [5.74, 6) is 0.857. The largest absolute Gasteiger partial charge is 0.497 e. The molecule has 0 radical (unpaired) electrons. The molecule has 0 amide bonds. The van der Waals surface area contributed by atoms with E-state index in [9.17, 15) is 0 Å². The van der Waals surface area contributed by atoms with Gasteiger partial charge in [-0.25, -0.2) is 4.98 Å². The van der Waals surface area contributed by atoms with Gasteiger partial charge in [0.1, 0.15) is 5.75 Å². The number of nitrogen functional groups attached to an aromatic ring is 1. The lowest BCUT2D eigenvalue weighted by molar-refractivity contribution is 0.415. The first-order valence-corrected chi connectivity index (χ1v) is 5.69. The number of benzene rings is 1. The van der Waals surface area contributed by atoms with Gasteiger partial charge in [0.25, 0.3) is 0 Å². The summed E-state index contributed by atoms with van der Waals surface area (Å²) in [5, 5.41) is 2.52. The second-order valence-corrected chi connectivity index (χ2v) is 4.11. The smallest absolute Gasteiger partial charge is 0.180 e. The summed E-state index contributed by atoms with van der Waals surface area (Å²) in [6.07, 6.45) is 3.93. The van der Waals surface area contributed by atoms with Crippen LogP contribution in [0.4, 0.5) is 5.13 Å². The van der Waals surface area contributed by atoms with Gasteiger partial charge in [0, 0.05) is 5.38 Å². The molecule has 2 rings (SSSR count). The average Bonchev–Trinajstić information content (AvgIpc) is 2.73. The van der Waals surface area contributed by atoms with Gasteiger partial charge in [-0.3, -0.25) is 0 Å². The molecule has 0 spiro atoms. The summed E-state index contributed by atoms with van der Waals surface area (Å²) < 4.78 is 5.08. The van der Waals surface area contributed by atoms with E-state index in [0.29, 0.717) is 5.13 Å². The van der Waals surface area contributed by atoms with E-state index in [0.717, 1.165) is 17.0 Å². The molecule has 0 aliphatic rings. The highest BCUT2D eigenvalue weighted by atomic mass is 32.1. The molecule has 0 saturated carbocycles. The minimum Gasteiger partial charge on any atom is -0.497 e. The highest BCUT2D eigenvalue weighted by Crippen LogP contribution is 2.16. The fourth-order valence-electron chi connectivity index (χ4n) is 1.27. The van der Waals surface area contributed by atoms with Gasteiger partial charge in [0.15, 0.2) is 5.13 Å². The van der Waals surface area contributed by atoms with Gasteiger partial charge in [-0.15, -0.1) is 11.3 Å². The molecule has 1 heterocycles. The minimum absolute atomic E-state index is 0.592. The molecule has 82 valence electrons. The maximum absolute atomic E-state index is 5.54. The Morgan fingerprint density at radius 1 is 1.25 bits per heavy atom. The number of hydrogen-bond donors (Lipinski definition) is 1. The van der Waals surface area contributed by atoms with Crippen LogP contribution in [-0.2, 0) is 0 Å². The van der Waals surface area contributed by atoms with Crippen molar-refractivity contribution in [1.82, 2.24) is 4.98 Å². The van der Waals surface area contributed by atoms with E-state index in [1.807, 2.05) is 41.8 Å². The normalized spacial score (nSPS) is 10.8. The zero-order valence-electron chi connectivity index (χ0n) is 8.88. The number of aromatic nitrogens is 1. The lowest BCUT2D eigenvalue weighted by Crippen LogP contribution is -1.82. The molecule has 0 fully saturated rings. The first-order valence-electron chi connectivity index (χ1n) is 4.81. The number of nitrogens with two attached hydrogens (primary N) is 1. The van der Waals surface area contributed by atoms with Crippen LogP contribution < -0.4 is 10.5 Å². The molecule has 1 aromatic carbocycles. The van der Waals surface area contributed by atoms with Gasteiger partial charge >= 0.3 is 0 Å². The summed E-state index contributed by atoms with van der Waals surface area (Å²) in [6, 6.07) is 7.83. The minimum atomic E-state index is 0.592. The van der Waals surface area contributed by atoms with E-state index in [4.69, 9.17) is 10.5 Å². The van der Waals surface area contributed by atoms with Crippen molar-refractivity contribution in [3.63, 3.8) is 0 Å². The molecule has 0 aliphatic carbocycles. The monoisotopic (exact) mass is 232 g/mol. The molecule has 0 unspecified atom stereocenters. The average molecular weight is 232 g/mol. The molecular weight excluding hydrogens is 220 g/mol. The standard InChI is InChI=1S/C12H12N2OS/c1-15-11-6-3-9(4-7-11)2-5-10-8-16-12(13)14-10/h2-8H,1H3,(H2,13,14)/b5-2+. The van der Waals surface area contributed by atoms with Gasteiger partial charge in [-0.05, 0) is 23.8 Å². The van der Waals surface area contributed by atoms with E-state index in [2.05, 4.69) is 4.98 Å². The van der Waals surface area contributed by atoms with Crippen LogP contribution in [0, 0.1) is 0 Å². The molecule has 0 bridgehead atoms. The van der Waals surface area contributed by atoms with Gasteiger partial charge in [0.05, 0.1) is 12.8 Å². The van der Waals surface area contributed by atoms with E-state index >= 15 is 0 Å². The summed E-state index contributed by atoms with van der Waals surface area (Å²) in [5.41, 5.74) is 7.53. The maximum Gasteiger partial charge on any atom is 0.180 e. The molecule has 16 heavy (non-hydrogen) atoms. The fourth-order valence-corrected chi connectivity index (χ4v) is 1.80. The van der Waals surface area contributed by atoms with Crippen molar-refractivity contribution in [2.75, 3.05) is 12.8 Å². The zero-order chi connectivity index (χ0) is 11.4. The number of thiazole rings is 1. The molecule has 4 heteroatoms. The maximum atomic E-state index is 5.54. The summed E-state index contributed by atoms with van der Waals surface area (Å²) in [7, 11) is 1.66. The van der Waals surface area contributed by atoms with Gasteiger partial charge in [-0.2, -0.15) is 0 Å². The Hall–Kier alpha value is -1.81. The van der Waals surface area contributed by atoms with Crippen LogP contribution in [0.2, 0.25) is 0 Å². The number of methoxy groups -OCH3 is 1. The van der Waals surface area contributed by atoms with Crippen molar-refractivity contribution >= 4 is 28.6 Å². The predicted molar refractivity (Wildman–Crippen MR) is 68.4 cm³/mol. The summed E-state index contributed by atoms with van der Waals surface area (Å²) in [4.78, 5) is 4.14. The van der Waals surface area contributed by atoms with Crippen LogP contribution in [0.25, 0.3) is 12.2 Å². The number of nitrogens with zero attached hydrogens (tertiary/aromatic N) is 1. The first kappa shape index (κ1) is 10.7. The van der Waals surface area contributed by atoms with Crippen LogP contribution in [0.3, 0.4) is 0 Å². The Labute approximate surface area is 98.2 Å². The Kier molecular flexibility index (Phi) is 3.22. The van der Waals surface area contributed by atoms with Gasteiger partial charge in [0.2, 0.25) is 0 Å². The SMILES string of the molecule is COc1ccc(/C=C/c2csc(N)n2)cc1. The lowest BCUT2D eigenvalue weighted by atomic mass is 10.2. The number of hydrogen-bond acceptors (Lipinski definition) is 4. The van der Waals surface area contributed by atoms with Crippen molar-refractivity contribution < 1.29 is 4.74 Å². The number of anilines is 1. The van der Waals surface area contributed by atoms with E-state index < -0.39 is 0 Å². The predicted octanol–water partition coefficient (Wildman–Crippen LogP) is 2.90. The molecule has 0 atom stereocenters. The molecule has 2 N–H and O–H groups in total. The Morgan fingerprint density at radius 2 is 2.00 bits per heavy atom. The van der Waals surface area contributed by atoms with Crippen LogP contribution in [0.1, 0.15) is 11.3 Å². The van der Waals surface area contributed by atoms with E-state index in [1.54, 1.807) is 7.11 Å². The highest BCUT2D eigenvalue weighted by Gasteiger charge is 1.94. The third kappa shape index (κ3) is 2.61. The topological polar surface area (TPSA) is 48.1 Å². The number of ether oxygens (including phenoxy) is 1. The second-order valence-electron chi connectivity index (χ2n) is 3.22. The van der Waals surface area contributed by atoms with Crippen LogP contribution >= 0.6 is 11.3 Å². The van der Waals surface area contributed by atoms with Crippen LogP contribution in [-0.4, -0.2) is 12.1 Å². The lowest BCUT2D eigenvalue weighted by Gasteiger charge is -1.98. The van der Waals surface area contributed by atoms with E-state index in [1.165, 1.54) is 11.3 Å². The Balaban J connectivity index is 2.11. The second kappa shape index (κ2) is 4.81. The molecule has 1 aromatic heterocycles. The van der Waals surface area contributed by atoms with Crippen molar-refractivity contribution in [3.8, 4) is 5.75 Å². The molecule has 3 nitrogen and oxygen atoms in total. The van der Waals surface area contributed by atoms with Crippen molar-refractivity contribution in [2.45, 2.75) is 0 Å². The molecule has 2 aromatic rings. The Bertz CT molecular complexity index is 488. The quantitative estimate of drug-likeness (QED) is 0.885. The first-order chi connectivity index (χ1) is 7.78. The fraction of sp³-hybridized carbons (Fsp3) is 0.0833. The molecular formula is C12H12N2OS. The van der Waals surface area contributed by atoms with Gasteiger partial charge in [-0.1, -0.05) is 18.2 Å². The van der Waals surface area contributed by atoms with E-state index in [-0.39, 0.29) is 0 Å². The summed E-state index contributed by atoms with van der Waals surface area (Å²) in [6.45, 7) is 0. The third-order valence-corrected chi connectivity index (χ3v) is 2.79. The van der Waals surface area contributed by atoms with Crippen molar-refractivity contribution in [3.05, 3.63) is 40.9 Å². The van der Waals surface area contributed by atoms with Crippen molar-refractivity contribution in [2.24, 2.45) is 0 Å². The Morgan fingerprint density at radius 3 is 2.56 bits per heavy atom. The highest BCUT2D eigenvalue weighted by molar-refractivity contribution is 7.13. The zero-order valence-corrected chi connectivity index (χ0v) is 9.70. The van der Waals surface area contributed by atoms with Gasteiger partial charge < -0.3 is 10.5 Å². The number of rotatable bonds is 3. The molecule has 0 saturated heterocycles. The van der Waals surface area contributed by atoms with Crippen LogP contribution in [0.5, 0.6) is 5.75 Å². The molecule has 0 aliphatic heterocycles. The van der Waals surface area contributed by atoms with Crippen molar-refractivity contribution in [1.29, 1.82) is 0 Å². The van der Waals surface area contributed by atoms with Crippen LogP contribution in [0.15, 0.2) is 29.6 Å². The summed E-state index contributed by atoms with van der Waals surface area (Å²) >= 11 is 1.44.